The molecule has 2 atom stereocenters. The predicted octanol–water partition coefficient (Wildman–Crippen LogP) is 5.07. The van der Waals surface area contributed by atoms with Crippen molar-refractivity contribution >= 4 is 11.8 Å². The van der Waals surface area contributed by atoms with Crippen molar-refractivity contribution in [3.05, 3.63) is 101 Å². The Kier molecular flexibility index (Phi) is 9.41. The molecule has 0 fully saturated rings. The van der Waals surface area contributed by atoms with Gasteiger partial charge in [-0.2, -0.15) is 0 Å². The van der Waals surface area contributed by atoms with Crippen LogP contribution in [0.3, 0.4) is 0 Å². The van der Waals surface area contributed by atoms with E-state index in [1.165, 1.54) is 17.0 Å². The molecule has 0 radical (unpaired) electrons. The number of halogens is 1. The summed E-state index contributed by atoms with van der Waals surface area (Å²) in [6, 6.07) is 22.2. The zero-order chi connectivity index (χ0) is 25.2. The number of nitrogens with one attached hydrogen (secondary N) is 1. The number of aryl methyl sites for hydroxylation is 1. The Labute approximate surface area is 206 Å². The number of rotatable bonds is 11. The SMILES string of the molecule is CCC(C)NC(=O)C(Cc1ccccc1)N(Cc1ccc(F)cc1)C(=O)COc1ccccc1C. The molecule has 5 nitrogen and oxygen atoms in total. The lowest BCUT2D eigenvalue weighted by atomic mass is 10.0. The number of benzene rings is 3. The topological polar surface area (TPSA) is 58.6 Å². The van der Waals surface area contributed by atoms with E-state index in [-0.39, 0.29) is 36.8 Å². The highest BCUT2D eigenvalue weighted by molar-refractivity contribution is 5.88. The number of carbonyl (C=O) groups is 2. The Balaban J connectivity index is 1.91. The van der Waals surface area contributed by atoms with Crippen LogP contribution < -0.4 is 10.1 Å². The van der Waals surface area contributed by atoms with Crippen molar-refractivity contribution in [2.75, 3.05) is 6.61 Å². The zero-order valence-corrected chi connectivity index (χ0v) is 20.5. The van der Waals surface area contributed by atoms with Gasteiger partial charge in [-0.1, -0.05) is 67.6 Å². The van der Waals surface area contributed by atoms with E-state index in [1.807, 2.05) is 75.4 Å². The molecule has 2 unspecified atom stereocenters. The molecular formula is C29H33FN2O3. The first-order valence-electron chi connectivity index (χ1n) is 11.9. The van der Waals surface area contributed by atoms with Crippen LogP contribution in [0.1, 0.15) is 37.0 Å². The smallest absolute Gasteiger partial charge is 0.261 e. The first-order chi connectivity index (χ1) is 16.9. The van der Waals surface area contributed by atoms with Crippen LogP contribution in [0.25, 0.3) is 0 Å². The third-order valence-electron chi connectivity index (χ3n) is 5.98. The normalized spacial score (nSPS) is 12.5. The zero-order valence-electron chi connectivity index (χ0n) is 20.5. The summed E-state index contributed by atoms with van der Waals surface area (Å²) in [6.45, 7) is 5.78. The van der Waals surface area contributed by atoms with Gasteiger partial charge in [0.1, 0.15) is 17.6 Å². The number of hydrogen-bond acceptors (Lipinski definition) is 3. The highest BCUT2D eigenvalue weighted by Gasteiger charge is 2.31. The fourth-order valence-electron chi connectivity index (χ4n) is 3.72. The molecule has 0 aliphatic rings. The molecule has 0 spiro atoms. The molecule has 0 bridgehead atoms. The fraction of sp³-hybridized carbons (Fsp3) is 0.310. The predicted molar refractivity (Wildman–Crippen MR) is 135 cm³/mol. The molecule has 6 heteroatoms. The lowest BCUT2D eigenvalue weighted by Gasteiger charge is -2.32. The van der Waals surface area contributed by atoms with Gasteiger partial charge in [0, 0.05) is 19.0 Å². The van der Waals surface area contributed by atoms with Crippen LogP contribution in [0.2, 0.25) is 0 Å². The van der Waals surface area contributed by atoms with Gasteiger partial charge in [0.2, 0.25) is 5.91 Å². The molecule has 184 valence electrons. The van der Waals surface area contributed by atoms with Crippen LogP contribution in [0.5, 0.6) is 5.75 Å². The Morgan fingerprint density at radius 2 is 1.60 bits per heavy atom. The summed E-state index contributed by atoms with van der Waals surface area (Å²) in [6.07, 6.45) is 1.12. The summed E-state index contributed by atoms with van der Waals surface area (Å²) < 4.78 is 19.4. The molecule has 2 amide bonds. The number of hydrogen-bond donors (Lipinski definition) is 1. The molecule has 3 rings (SSSR count). The summed E-state index contributed by atoms with van der Waals surface area (Å²) in [5.41, 5.74) is 2.58. The summed E-state index contributed by atoms with van der Waals surface area (Å²) in [5, 5.41) is 3.03. The lowest BCUT2D eigenvalue weighted by molar-refractivity contribution is -0.143. The van der Waals surface area contributed by atoms with E-state index in [0.717, 1.165) is 23.1 Å². The Morgan fingerprint density at radius 1 is 0.943 bits per heavy atom. The Morgan fingerprint density at radius 3 is 2.26 bits per heavy atom. The maximum atomic E-state index is 13.5. The van der Waals surface area contributed by atoms with E-state index >= 15 is 0 Å². The van der Waals surface area contributed by atoms with E-state index in [9.17, 15) is 14.0 Å². The number of para-hydroxylation sites is 1. The van der Waals surface area contributed by atoms with Gasteiger partial charge in [0.05, 0.1) is 0 Å². The van der Waals surface area contributed by atoms with Gasteiger partial charge in [0.25, 0.3) is 5.91 Å². The third kappa shape index (κ3) is 7.67. The molecule has 1 N–H and O–H groups in total. The van der Waals surface area contributed by atoms with Crippen LogP contribution >= 0.6 is 0 Å². The van der Waals surface area contributed by atoms with Crippen LogP contribution in [0, 0.1) is 12.7 Å². The summed E-state index contributed by atoms with van der Waals surface area (Å²) >= 11 is 0. The summed E-state index contributed by atoms with van der Waals surface area (Å²) in [4.78, 5) is 28.5. The average Bonchev–Trinajstić information content (AvgIpc) is 2.87. The van der Waals surface area contributed by atoms with E-state index in [4.69, 9.17) is 4.74 Å². The second-order valence-corrected chi connectivity index (χ2v) is 8.73. The largest absolute Gasteiger partial charge is 0.484 e. The number of nitrogens with zero attached hydrogens (tertiary/aromatic N) is 1. The van der Waals surface area contributed by atoms with Crippen molar-refractivity contribution in [1.82, 2.24) is 10.2 Å². The fourth-order valence-corrected chi connectivity index (χ4v) is 3.72. The van der Waals surface area contributed by atoms with Crippen LogP contribution in [-0.4, -0.2) is 35.4 Å². The summed E-state index contributed by atoms with van der Waals surface area (Å²) in [5.74, 6) is -0.288. The first kappa shape index (κ1) is 25.9. The molecule has 3 aromatic carbocycles. The maximum absolute atomic E-state index is 13.5. The van der Waals surface area contributed by atoms with Crippen molar-refractivity contribution in [3.63, 3.8) is 0 Å². The van der Waals surface area contributed by atoms with Gasteiger partial charge in [-0.25, -0.2) is 4.39 Å². The van der Waals surface area contributed by atoms with Crippen molar-refractivity contribution in [2.45, 2.75) is 52.2 Å². The van der Waals surface area contributed by atoms with Crippen molar-refractivity contribution in [1.29, 1.82) is 0 Å². The Hall–Kier alpha value is -3.67. The average molecular weight is 477 g/mol. The molecule has 0 aliphatic heterocycles. The minimum absolute atomic E-state index is 0.0354. The highest BCUT2D eigenvalue weighted by Crippen LogP contribution is 2.19. The minimum atomic E-state index is -0.760. The van der Waals surface area contributed by atoms with Gasteiger partial charge >= 0.3 is 0 Å². The standard InChI is InChI=1S/C29H33FN2O3/c1-4-22(3)31-29(34)26(18-23-11-6-5-7-12-23)32(19-24-14-16-25(30)17-15-24)28(33)20-35-27-13-9-8-10-21(27)2/h5-17,22,26H,4,18-20H2,1-3H3,(H,31,34). The number of ether oxygens (including phenoxy) is 1. The molecule has 35 heavy (non-hydrogen) atoms. The summed E-state index contributed by atoms with van der Waals surface area (Å²) in [7, 11) is 0. The first-order valence-corrected chi connectivity index (χ1v) is 11.9. The minimum Gasteiger partial charge on any atom is -0.484 e. The van der Waals surface area contributed by atoms with Gasteiger partial charge < -0.3 is 15.0 Å². The van der Waals surface area contributed by atoms with E-state index in [1.54, 1.807) is 12.1 Å². The van der Waals surface area contributed by atoms with Crippen molar-refractivity contribution < 1.29 is 18.7 Å². The molecule has 0 saturated heterocycles. The molecular weight excluding hydrogens is 443 g/mol. The van der Waals surface area contributed by atoms with Gasteiger partial charge in [0.15, 0.2) is 6.61 Å². The Bertz CT molecular complexity index is 1100. The van der Waals surface area contributed by atoms with Gasteiger partial charge in [-0.05, 0) is 55.2 Å². The highest BCUT2D eigenvalue weighted by atomic mass is 19.1. The van der Waals surface area contributed by atoms with Crippen LogP contribution in [0.15, 0.2) is 78.9 Å². The quantitative estimate of drug-likeness (QED) is 0.421. The van der Waals surface area contributed by atoms with Crippen molar-refractivity contribution in [3.8, 4) is 5.75 Å². The molecule has 0 aromatic heterocycles. The number of amides is 2. The van der Waals surface area contributed by atoms with Crippen LogP contribution in [0.4, 0.5) is 4.39 Å². The maximum Gasteiger partial charge on any atom is 0.261 e. The van der Waals surface area contributed by atoms with E-state index in [0.29, 0.717) is 12.2 Å². The number of carbonyl (C=O) groups excluding carboxylic acids is 2. The van der Waals surface area contributed by atoms with E-state index < -0.39 is 6.04 Å². The molecule has 0 saturated carbocycles. The monoisotopic (exact) mass is 476 g/mol. The third-order valence-corrected chi connectivity index (χ3v) is 5.98. The molecule has 0 heterocycles. The van der Waals surface area contributed by atoms with Gasteiger partial charge in [-0.3, -0.25) is 9.59 Å². The molecule has 0 aliphatic carbocycles. The lowest BCUT2D eigenvalue weighted by Crippen LogP contribution is -2.53. The van der Waals surface area contributed by atoms with Crippen LogP contribution in [-0.2, 0) is 22.6 Å². The second kappa shape index (κ2) is 12.7. The second-order valence-electron chi connectivity index (χ2n) is 8.73. The van der Waals surface area contributed by atoms with Crippen molar-refractivity contribution in [2.24, 2.45) is 0 Å². The van der Waals surface area contributed by atoms with Gasteiger partial charge in [-0.15, -0.1) is 0 Å². The molecule has 3 aromatic rings. The van der Waals surface area contributed by atoms with E-state index in [2.05, 4.69) is 5.32 Å².